The van der Waals surface area contributed by atoms with Gasteiger partial charge in [0.05, 0.1) is 36.1 Å². The molecule has 0 bridgehead atoms. The summed E-state index contributed by atoms with van der Waals surface area (Å²) >= 11 is 6.49. The Morgan fingerprint density at radius 1 is 1.02 bits per heavy atom. The highest BCUT2D eigenvalue weighted by Crippen LogP contribution is 2.41. The summed E-state index contributed by atoms with van der Waals surface area (Å²) in [6.45, 7) is 12.8. The molecule has 0 atom stereocenters. The molecule has 53 heavy (non-hydrogen) atoms. The number of piperazine rings is 1. The maximum absolute atomic E-state index is 13.0. The standard InChI is InChI=1S/C37H48ClN8O6P/c1-37(2,3)52-36(49)46-19-17-44(18-20-46)25-13-15-45(16-14-25)30-23-31(51-4)29(22-28(30)40-33(48)12-9-21-47)42-35-39-24-26(38)34(43-35)41-27-10-7-8-11-32(27)53(5,6)50/h7-8,10-11,22-25,47H,13-21H2,1-6H3,(H,40,48)(H2,39,41,42,43). The lowest BCUT2D eigenvalue weighted by Gasteiger charge is -2.43. The zero-order chi connectivity index (χ0) is 38.3. The van der Waals surface area contributed by atoms with E-state index in [4.69, 9.17) is 26.2 Å². The molecule has 2 amide bonds. The van der Waals surface area contributed by atoms with Gasteiger partial charge in [-0.1, -0.05) is 29.7 Å². The number of nitrogens with zero attached hydrogens (tertiary/aromatic N) is 5. The van der Waals surface area contributed by atoms with Crippen LogP contribution in [0.25, 0.3) is 0 Å². The van der Waals surface area contributed by atoms with Crippen LogP contribution < -0.4 is 30.9 Å². The Kier molecular flexibility index (Phi) is 12.8. The third-order valence-electron chi connectivity index (χ3n) is 8.86. The summed E-state index contributed by atoms with van der Waals surface area (Å²) in [5.41, 5.74) is 1.80. The number of para-hydroxylation sites is 1. The van der Waals surface area contributed by atoms with Gasteiger partial charge in [0.15, 0.2) is 5.82 Å². The molecule has 0 unspecified atom stereocenters. The topological polar surface area (TPSA) is 161 Å². The van der Waals surface area contributed by atoms with E-state index in [0.29, 0.717) is 53.1 Å². The van der Waals surface area contributed by atoms with Crippen LogP contribution in [-0.2, 0) is 14.1 Å². The highest BCUT2D eigenvalue weighted by atomic mass is 35.5. The SMILES string of the molecule is COc1cc(N2CCC(N3CCN(C(=O)OC(C)(C)C)CC3)CC2)c(NC(=O)C#CCO)cc1Nc1ncc(Cl)c(Nc2ccccc2P(C)(C)=O)n1. The smallest absolute Gasteiger partial charge is 0.410 e. The molecule has 2 aliphatic rings. The van der Waals surface area contributed by atoms with Crippen LogP contribution in [0.3, 0.4) is 0 Å². The van der Waals surface area contributed by atoms with Crippen molar-refractivity contribution in [1.29, 1.82) is 0 Å². The second-order valence-corrected chi connectivity index (χ2v) is 17.8. The number of carbonyl (C=O) groups excluding carboxylic acids is 2. The van der Waals surface area contributed by atoms with E-state index in [1.54, 1.807) is 31.4 Å². The average molecular weight is 767 g/mol. The molecule has 284 valence electrons. The third kappa shape index (κ3) is 10.5. The predicted octanol–water partition coefficient (Wildman–Crippen LogP) is 5.33. The van der Waals surface area contributed by atoms with Gasteiger partial charge in [-0.05, 0) is 71.1 Å². The number of carbonyl (C=O) groups is 2. The van der Waals surface area contributed by atoms with Crippen LogP contribution in [0, 0.1) is 11.8 Å². The second kappa shape index (κ2) is 17.1. The summed E-state index contributed by atoms with van der Waals surface area (Å²) in [5, 5.41) is 19.4. The highest BCUT2D eigenvalue weighted by Gasteiger charge is 2.32. The van der Waals surface area contributed by atoms with Crippen molar-refractivity contribution < 1.29 is 28.7 Å². The summed E-state index contributed by atoms with van der Waals surface area (Å²) in [7, 11) is -1.06. The summed E-state index contributed by atoms with van der Waals surface area (Å²) in [4.78, 5) is 40.8. The molecule has 2 aromatic carbocycles. The van der Waals surface area contributed by atoms with Crippen LogP contribution in [0.1, 0.15) is 33.6 Å². The van der Waals surface area contributed by atoms with E-state index < -0.39 is 25.3 Å². The van der Waals surface area contributed by atoms with Gasteiger partial charge in [-0.2, -0.15) is 4.98 Å². The van der Waals surface area contributed by atoms with Crippen LogP contribution >= 0.6 is 18.7 Å². The van der Waals surface area contributed by atoms with Crippen molar-refractivity contribution in [3.05, 3.63) is 47.6 Å². The maximum atomic E-state index is 13.0. The molecule has 1 aromatic heterocycles. The van der Waals surface area contributed by atoms with Gasteiger partial charge in [-0.25, -0.2) is 9.78 Å². The largest absolute Gasteiger partial charge is 0.494 e. The number of nitrogens with one attached hydrogen (secondary N) is 3. The Morgan fingerprint density at radius 2 is 1.72 bits per heavy atom. The number of ether oxygens (including phenoxy) is 2. The number of aromatic nitrogens is 2. The minimum Gasteiger partial charge on any atom is -0.494 e. The Morgan fingerprint density at radius 3 is 2.36 bits per heavy atom. The predicted molar refractivity (Wildman–Crippen MR) is 210 cm³/mol. The first-order valence-electron chi connectivity index (χ1n) is 17.5. The van der Waals surface area contributed by atoms with Gasteiger partial charge in [0, 0.05) is 56.7 Å². The average Bonchev–Trinajstić information content (AvgIpc) is 3.11. The van der Waals surface area contributed by atoms with Crippen molar-refractivity contribution in [1.82, 2.24) is 19.8 Å². The van der Waals surface area contributed by atoms with Gasteiger partial charge >= 0.3 is 6.09 Å². The number of hydrogen-bond acceptors (Lipinski definition) is 12. The van der Waals surface area contributed by atoms with Crippen LogP contribution in [0.5, 0.6) is 5.75 Å². The first-order valence-corrected chi connectivity index (χ1v) is 20.4. The normalized spacial score (nSPS) is 15.6. The van der Waals surface area contributed by atoms with Crippen LogP contribution in [0.15, 0.2) is 42.6 Å². The first kappa shape index (κ1) is 39.7. The number of piperidine rings is 1. The number of halogens is 1. The Balaban J connectivity index is 1.34. The molecule has 3 heterocycles. The van der Waals surface area contributed by atoms with Gasteiger partial charge in [-0.3, -0.25) is 9.69 Å². The fourth-order valence-electron chi connectivity index (χ4n) is 6.35. The Hall–Kier alpha value is -4.54. The number of anilines is 6. The quantitative estimate of drug-likeness (QED) is 0.164. The van der Waals surface area contributed by atoms with E-state index in [-0.39, 0.29) is 17.1 Å². The lowest BCUT2D eigenvalue weighted by Crippen LogP contribution is -2.55. The van der Waals surface area contributed by atoms with E-state index in [9.17, 15) is 14.2 Å². The minimum atomic E-state index is -2.61. The molecule has 2 saturated heterocycles. The number of amides is 2. The number of rotatable bonds is 9. The molecular weight excluding hydrogens is 719 g/mol. The highest BCUT2D eigenvalue weighted by molar-refractivity contribution is 7.70. The number of hydrogen-bond donors (Lipinski definition) is 4. The van der Waals surface area contributed by atoms with Crippen LogP contribution in [-0.4, -0.2) is 115 Å². The molecule has 2 aliphatic heterocycles. The molecule has 0 aliphatic carbocycles. The van der Waals surface area contributed by atoms with Crippen LogP contribution in [0.4, 0.5) is 39.3 Å². The zero-order valence-electron chi connectivity index (χ0n) is 31.0. The van der Waals surface area contributed by atoms with Crippen molar-refractivity contribution in [3.63, 3.8) is 0 Å². The van der Waals surface area contributed by atoms with Crippen molar-refractivity contribution in [3.8, 4) is 17.6 Å². The molecule has 0 radical (unpaired) electrons. The number of aliphatic hydroxyl groups is 1. The molecule has 0 spiro atoms. The number of benzene rings is 2. The summed E-state index contributed by atoms with van der Waals surface area (Å²) in [6.07, 6.45) is 2.95. The van der Waals surface area contributed by atoms with Crippen molar-refractivity contribution in [2.24, 2.45) is 0 Å². The first-order chi connectivity index (χ1) is 25.1. The minimum absolute atomic E-state index is 0.196. The van der Waals surface area contributed by atoms with E-state index in [1.165, 1.54) is 6.20 Å². The van der Waals surface area contributed by atoms with E-state index in [0.717, 1.165) is 44.7 Å². The molecule has 14 nitrogen and oxygen atoms in total. The van der Waals surface area contributed by atoms with Gasteiger partial charge in [0.1, 0.15) is 30.1 Å². The van der Waals surface area contributed by atoms with E-state index in [2.05, 4.69) is 47.6 Å². The lowest BCUT2D eigenvalue weighted by atomic mass is 10.0. The van der Waals surface area contributed by atoms with Gasteiger partial charge in [-0.15, -0.1) is 0 Å². The van der Waals surface area contributed by atoms with E-state index >= 15 is 0 Å². The fourth-order valence-corrected chi connectivity index (χ4v) is 7.64. The molecule has 3 aromatic rings. The zero-order valence-corrected chi connectivity index (χ0v) is 32.7. The molecule has 16 heteroatoms. The summed E-state index contributed by atoms with van der Waals surface area (Å²) < 4.78 is 24.3. The molecule has 4 N–H and O–H groups in total. The summed E-state index contributed by atoms with van der Waals surface area (Å²) in [5.74, 6) is 5.21. The van der Waals surface area contributed by atoms with E-state index in [1.807, 2.05) is 51.1 Å². The lowest BCUT2D eigenvalue weighted by molar-refractivity contribution is -0.111. The third-order valence-corrected chi connectivity index (χ3v) is 10.7. The van der Waals surface area contributed by atoms with Crippen molar-refractivity contribution >= 4 is 70.6 Å². The van der Waals surface area contributed by atoms with Gasteiger partial charge < -0.3 is 44.9 Å². The Labute approximate surface area is 316 Å². The molecule has 0 saturated carbocycles. The van der Waals surface area contributed by atoms with Crippen LogP contribution in [0.2, 0.25) is 5.02 Å². The Bertz CT molecular complexity index is 1910. The number of methoxy groups -OCH3 is 1. The molecule has 5 rings (SSSR count). The van der Waals surface area contributed by atoms with Crippen molar-refractivity contribution in [2.45, 2.75) is 45.3 Å². The van der Waals surface area contributed by atoms with Crippen molar-refractivity contribution in [2.75, 3.05) is 87.2 Å². The van der Waals surface area contributed by atoms with Gasteiger partial charge in [0.25, 0.3) is 5.91 Å². The maximum Gasteiger partial charge on any atom is 0.410 e. The monoisotopic (exact) mass is 766 g/mol. The molecule has 2 fully saturated rings. The number of aliphatic hydroxyl groups excluding tert-OH is 1. The van der Waals surface area contributed by atoms with Gasteiger partial charge in [0.2, 0.25) is 5.95 Å². The second-order valence-electron chi connectivity index (χ2n) is 14.2. The summed E-state index contributed by atoms with van der Waals surface area (Å²) in [6, 6.07) is 11.2. The fraction of sp³-hybridized carbons (Fsp3) is 0.459. The molecular formula is C37H48ClN8O6P.